The lowest BCUT2D eigenvalue weighted by atomic mass is 10.1. The van der Waals surface area contributed by atoms with Crippen LogP contribution in [-0.2, 0) is 20.7 Å². The maximum atomic E-state index is 12.1. The Bertz CT molecular complexity index is 488. The van der Waals surface area contributed by atoms with Crippen LogP contribution in [0, 0.1) is 0 Å². The Morgan fingerprint density at radius 3 is 2.70 bits per heavy atom. The molecular formula is C14H16ClNO4. The lowest BCUT2D eigenvalue weighted by Crippen LogP contribution is -2.52. The van der Waals surface area contributed by atoms with Crippen LogP contribution >= 0.6 is 11.6 Å². The molecule has 1 aromatic carbocycles. The molecule has 0 saturated carbocycles. The first kappa shape index (κ1) is 14.8. The molecule has 0 bridgehead atoms. The van der Waals surface area contributed by atoms with Crippen molar-refractivity contribution in [2.24, 2.45) is 0 Å². The standard InChI is InChI=1S/C14H16ClNO4/c15-11-4-1-10(2-5-11)3-6-13(17)16-7-8-20-9-12(16)14(18)19/h1-2,4-5,12H,3,6-9H2,(H,18,19)/t12-/m0/s1. The van der Waals surface area contributed by atoms with E-state index in [1.54, 1.807) is 12.1 Å². The fraction of sp³-hybridized carbons (Fsp3) is 0.429. The number of carboxylic acid groups (broad SMARTS) is 1. The first-order valence-electron chi connectivity index (χ1n) is 6.42. The molecule has 0 spiro atoms. The van der Waals surface area contributed by atoms with Crippen LogP contribution in [-0.4, -0.2) is 47.7 Å². The molecule has 1 saturated heterocycles. The van der Waals surface area contributed by atoms with Crippen LogP contribution in [0.5, 0.6) is 0 Å². The SMILES string of the molecule is O=C(O)[C@@H]1COCCN1C(=O)CCc1ccc(Cl)cc1. The number of benzene rings is 1. The van der Waals surface area contributed by atoms with Gasteiger partial charge in [0, 0.05) is 18.0 Å². The normalized spacial score (nSPS) is 18.9. The Morgan fingerprint density at radius 1 is 1.35 bits per heavy atom. The number of hydrogen-bond acceptors (Lipinski definition) is 3. The smallest absolute Gasteiger partial charge is 0.328 e. The molecule has 1 fully saturated rings. The van der Waals surface area contributed by atoms with Gasteiger partial charge in [-0.2, -0.15) is 0 Å². The number of carboxylic acids is 1. The molecule has 108 valence electrons. The van der Waals surface area contributed by atoms with Crippen LogP contribution in [0.4, 0.5) is 0 Å². The highest BCUT2D eigenvalue weighted by Crippen LogP contribution is 2.14. The molecule has 6 heteroatoms. The van der Waals surface area contributed by atoms with Crippen molar-refractivity contribution in [3.05, 3.63) is 34.9 Å². The summed E-state index contributed by atoms with van der Waals surface area (Å²) >= 11 is 5.80. The van der Waals surface area contributed by atoms with E-state index in [0.717, 1.165) is 5.56 Å². The number of halogens is 1. The molecule has 1 aliphatic heterocycles. The minimum absolute atomic E-state index is 0.0576. The summed E-state index contributed by atoms with van der Waals surface area (Å²) in [6.07, 6.45) is 0.852. The molecule has 20 heavy (non-hydrogen) atoms. The summed E-state index contributed by atoms with van der Waals surface area (Å²) in [6, 6.07) is 6.40. The van der Waals surface area contributed by atoms with Crippen LogP contribution < -0.4 is 0 Å². The van der Waals surface area contributed by atoms with E-state index in [2.05, 4.69) is 0 Å². The molecule has 0 aromatic heterocycles. The van der Waals surface area contributed by atoms with Crippen molar-refractivity contribution in [2.45, 2.75) is 18.9 Å². The van der Waals surface area contributed by atoms with E-state index in [4.69, 9.17) is 21.4 Å². The average molecular weight is 298 g/mol. The average Bonchev–Trinajstić information content (AvgIpc) is 2.46. The molecule has 1 atom stereocenters. The second kappa shape index (κ2) is 6.72. The van der Waals surface area contributed by atoms with Crippen molar-refractivity contribution < 1.29 is 19.4 Å². The maximum absolute atomic E-state index is 12.1. The zero-order valence-electron chi connectivity index (χ0n) is 10.9. The number of carbonyl (C=O) groups is 2. The summed E-state index contributed by atoms with van der Waals surface area (Å²) in [4.78, 5) is 24.6. The highest BCUT2D eigenvalue weighted by molar-refractivity contribution is 6.30. The highest BCUT2D eigenvalue weighted by atomic mass is 35.5. The fourth-order valence-corrected chi connectivity index (χ4v) is 2.28. The van der Waals surface area contributed by atoms with Crippen LogP contribution in [0.2, 0.25) is 5.02 Å². The van der Waals surface area contributed by atoms with Gasteiger partial charge in [-0.05, 0) is 24.1 Å². The molecule has 1 N–H and O–H groups in total. The Labute approximate surface area is 122 Å². The third kappa shape index (κ3) is 3.71. The molecule has 2 rings (SSSR count). The van der Waals surface area contributed by atoms with E-state index in [0.29, 0.717) is 24.6 Å². The molecule has 0 unspecified atom stereocenters. The maximum Gasteiger partial charge on any atom is 0.328 e. The lowest BCUT2D eigenvalue weighted by Gasteiger charge is -2.32. The Hall–Kier alpha value is -1.59. The number of rotatable bonds is 4. The summed E-state index contributed by atoms with van der Waals surface area (Å²) in [5.74, 6) is -1.18. The van der Waals surface area contributed by atoms with Gasteiger partial charge in [0.25, 0.3) is 0 Å². The summed E-state index contributed by atoms with van der Waals surface area (Å²) in [5.41, 5.74) is 1.00. The second-order valence-corrected chi connectivity index (χ2v) is 5.08. The predicted octanol–water partition coefficient (Wildman–Crippen LogP) is 1.58. The van der Waals surface area contributed by atoms with Crippen LogP contribution in [0.1, 0.15) is 12.0 Å². The van der Waals surface area contributed by atoms with Crippen LogP contribution in [0.25, 0.3) is 0 Å². The van der Waals surface area contributed by atoms with Gasteiger partial charge in [-0.25, -0.2) is 4.79 Å². The van der Waals surface area contributed by atoms with E-state index >= 15 is 0 Å². The summed E-state index contributed by atoms with van der Waals surface area (Å²) in [5, 5.41) is 9.74. The van der Waals surface area contributed by atoms with Gasteiger partial charge >= 0.3 is 5.97 Å². The number of hydrogen-bond donors (Lipinski definition) is 1. The van der Waals surface area contributed by atoms with Gasteiger partial charge in [-0.15, -0.1) is 0 Å². The predicted molar refractivity (Wildman–Crippen MR) is 73.7 cm³/mol. The summed E-state index contributed by atoms with van der Waals surface area (Å²) in [6.45, 7) is 0.773. The van der Waals surface area contributed by atoms with E-state index in [1.807, 2.05) is 12.1 Å². The molecule has 1 aliphatic rings. The molecule has 1 heterocycles. The molecule has 0 radical (unpaired) electrons. The summed E-state index contributed by atoms with van der Waals surface area (Å²) < 4.78 is 5.11. The number of aryl methyl sites for hydroxylation is 1. The zero-order chi connectivity index (χ0) is 14.5. The van der Waals surface area contributed by atoms with E-state index in [-0.39, 0.29) is 18.9 Å². The lowest BCUT2D eigenvalue weighted by molar-refractivity contribution is -0.158. The number of amides is 1. The number of carbonyl (C=O) groups excluding carboxylic acids is 1. The van der Waals surface area contributed by atoms with Gasteiger partial charge in [0.1, 0.15) is 0 Å². The molecule has 1 amide bonds. The third-order valence-corrected chi connectivity index (χ3v) is 3.53. The summed E-state index contributed by atoms with van der Waals surface area (Å²) in [7, 11) is 0. The van der Waals surface area contributed by atoms with Crippen molar-refractivity contribution in [2.75, 3.05) is 19.8 Å². The highest BCUT2D eigenvalue weighted by Gasteiger charge is 2.32. The van der Waals surface area contributed by atoms with Crippen LogP contribution in [0.3, 0.4) is 0 Å². The monoisotopic (exact) mass is 297 g/mol. The zero-order valence-corrected chi connectivity index (χ0v) is 11.7. The second-order valence-electron chi connectivity index (χ2n) is 4.64. The van der Waals surface area contributed by atoms with Gasteiger partial charge in [0.15, 0.2) is 6.04 Å². The molecule has 5 nitrogen and oxygen atoms in total. The largest absolute Gasteiger partial charge is 0.480 e. The van der Waals surface area contributed by atoms with Crippen LogP contribution in [0.15, 0.2) is 24.3 Å². The quantitative estimate of drug-likeness (QED) is 0.916. The van der Waals surface area contributed by atoms with Crippen molar-refractivity contribution >= 4 is 23.5 Å². The van der Waals surface area contributed by atoms with Crippen molar-refractivity contribution in [1.29, 1.82) is 0 Å². The Morgan fingerprint density at radius 2 is 2.05 bits per heavy atom. The van der Waals surface area contributed by atoms with Gasteiger partial charge in [-0.1, -0.05) is 23.7 Å². The van der Waals surface area contributed by atoms with E-state index in [1.165, 1.54) is 4.90 Å². The van der Waals surface area contributed by atoms with Crippen molar-refractivity contribution in [1.82, 2.24) is 4.90 Å². The number of morpholine rings is 1. The topological polar surface area (TPSA) is 66.8 Å². The van der Waals surface area contributed by atoms with E-state index < -0.39 is 12.0 Å². The third-order valence-electron chi connectivity index (χ3n) is 3.27. The minimum atomic E-state index is -1.02. The van der Waals surface area contributed by atoms with Gasteiger partial charge in [0.2, 0.25) is 5.91 Å². The molecular weight excluding hydrogens is 282 g/mol. The van der Waals surface area contributed by atoms with Gasteiger partial charge in [0.05, 0.1) is 13.2 Å². The minimum Gasteiger partial charge on any atom is -0.480 e. The first-order valence-corrected chi connectivity index (χ1v) is 6.80. The Balaban J connectivity index is 1.93. The van der Waals surface area contributed by atoms with Crippen molar-refractivity contribution in [3.63, 3.8) is 0 Å². The number of nitrogens with zero attached hydrogens (tertiary/aromatic N) is 1. The Kier molecular flexibility index (Phi) is 4.98. The van der Waals surface area contributed by atoms with Gasteiger partial charge < -0.3 is 14.7 Å². The fourth-order valence-electron chi connectivity index (χ4n) is 2.15. The van der Waals surface area contributed by atoms with E-state index in [9.17, 15) is 9.59 Å². The molecule has 1 aromatic rings. The first-order chi connectivity index (χ1) is 9.58. The number of aliphatic carboxylic acids is 1. The van der Waals surface area contributed by atoms with Crippen molar-refractivity contribution in [3.8, 4) is 0 Å². The molecule has 0 aliphatic carbocycles. The number of ether oxygens (including phenoxy) is 1. The van der Waals surface area contributed by atoms with Gasteiger partial charge in [-0.3, -0.25) is 4.79 Å².